The maximum atomic E-state index is 12.5. The van der Waals surface area contributed by atoms with Gasteiger partial charge in [0.15, 0.2) is 0 Å². The van der Waals surface area contributed by atoms with Gasteiger partial charge in [0.25, 0.3) is 0 Å². The second-order valence-electron chi connectivity index (χ2n) is 6.70. The average molecular weight is 400 g/mol. The largest absolute Gasteiger partial charge is 0.240 e. The SMILES string of the molecule is CNS(=O)(=O)c1ccccc1-c1ccc(-c2ccccc2)c(-c2ccccc2)c1. The Morgan fingerprint density at radius 1 is 0.552 bits per heavy atom. The van der Waals surface area contributed by atoms with E-state index in [0.29, 0.717) is 5.56 Å². The minimum Gasteiger partial charge on any atom is -0.214 e. The molecule has 144 valence electrons. The van der Waals surface area contributed by atoms with Crippen molar-refractivity contribution in [1.82, 2.24) is 4.72 Å². The van der Waals surface area contributed by atoms with Crippen LogP contribution in [-0.4, -0.2) is 15.5 Å². The normalized spacial score (nSPS) is 11.3. The molecular formula is C25H21NO2S. The zero-order valence-corrected chi connectivity index (χ0v) is 16.9. The Labute approximate surface area is 171 Å². The maximum absolute atomic E-state index is 12.5. The fourth-order valence-electron chi connectivity index (χ4n) is 3.49. The van der Waals surface area contributed by atoms with Crippen LogP contribution < -0.4 is 4.72 Å². The van der Waals surface area contributed by atoms with Gasteiger partial charge in [0, 0.05) is 5.56 Å². The summed E-state index contributed by atoms with van der Waals surface area (Å²) in [5.74, 6) is 0. The van der Waals surface area contributed by atoms with E-state index in [9.17, 15) is 8.42 Å². The van der Waals surface area contributed by atoms with Crippen LogP contribution in [-0.2, 0) is 10.0 Å². The molecule has 0 fully saturated rings. The van der Waals surface area contributed by atoms with E-state index in [-0.39, 0.29) is 4.90 Å². The summed E-state index contributed by atoms with van der Waals surface area (Å²) in [6, 6.07) is 33.6. The molecule has 29 heavy (non-hydrogen) atoms. The Bertz CT molecular complexity index is 1230. The number of nitrogens with one attached hydrogen (secondary N) is 1. The van der Waals surface area contributed by atoms with Crippen LogP contribution in [0.5, 0.6) is 0 Å². The number of sulfonamides is 1. The van der Waals surface area contributed by atoms with Gasteiger partial charge in [-0.15, -0.1) is 0 Å². The summed E-state index contributed by atoms with van der Waals surface area (Å²) in [6.07, 6.45) is 0. The molecule has 4 aromatic carbocycles. The van der Waals surface area contributed by atoms with E-state index in [1.165, 1.54) is 7.05 Å². The Kier molecular flexibility index (Phi) is 5.30. The van der Waals surface area contributed by atoms with Gasteiger partial charge in [0.1, 0.15) is 0 Å². The fraction of sp³-hybridized carbons (Fsp3) is 0.0400. The molecule has 0 aliphatic heterocycles. The Balaban J connectivity index is 1.96. The Morgan fingerprint density at radius 2 is 1.10 bits per heavy atom. The molecular weight excluding hydrogens is 378 g/mol. The molecule has 0 aliphatic carbocycles. The topological polar surface area (TPSA) is 46.2 Å². The molecule has 0 heterocycles. The first-order valence-electron chi connectivity index (χ1n) is 9.38. The summed E-state index contributed by atoms with van der Waals surface area (Å²) in [4.78, 5) is 0.272. The lowest BCUT2D eigenvalue weighted by molar-refractivity contribution is 0.588. The quantitative estimate of drug-likeness (QED) is 0.475. The summed E-state index contributed by atoms with van der Waals surface area (Å²) in [5, 5.41) is 0. The molecule has 1 N–H and O–H groups in total. The zero-order chi connectivity index (χ0) is 20.3. The first kappa shape index (κ1) is 19.1. The van der Waals surface area contributed by atoms with Gasteiger partial charge in [-0.25, -0.2) is 13.1 Å². The molecule has 4 aromatic rings. The standard InChI is InChI=1S/C25H21NO2S/c1-26-29(27,28)25-15-9-8-14-23(25)21-16-17-22(19-10-4-2-5-11-19)24(18-21)20-12-6-3-7-13-20/h2-18,26H,1H3. The van der Waals surface area contributed by atoms with Crippen LogP contribution in [0.15, 0.2) is 108 Å². The summed E-state index contributed by atoms with van der Waals surface area (Å²) >= 11 is 0. The predicted molar refractivity (Wildman–Crippen MR) is 119 cm³/mol. The Morgan fingerprint density at radius 3 is 1.72 bits per heavy atom. The van der Waals surface area contributed by atoms with Gasteiger partial charge in [-0.1, -0.05) is 91.0 Å². The van der Waals surface area contributed by atoms with E-state index in [1.807, 2.05) is 54.6 Å². The van der Waals surface area contributed by atoms with Gasteiger partial charge < -0.3 is 0 Å². The number of hydrogen-bond donors (Lipinski definition) is 1. The van der Waals surface area contributed by atoms with E-state index in [1.54, 1.807) is 12.1 Å². The first-order chi connectivity index (χ1) is 14.1. The molecule has 0 saturated heterocycles. The van der Waals surface area contributed by atoms with Crippen LogP contribution in [0.25, 0.3) is 33.4 Å². The number of hydrogen-bond acceptors (Lipinski definition) is 2. The molecule has 0 spiro atoms. The highest BCUT2D eigenvalue weighted by Crippen LogP contribution is 2.37. The molecule has 0 atom stereocenters. The number of benzene rings is 4. The van der Waals surface area contributed by atoms with Crippen LogP contribution >= 0.6 is 0 Å². The first-order valence-corrected chi connectivity index (χ1v) is 10.9. The minimum atomic E-state index is -3.57. The van der Waals surface area contributed by atoms with Crippen LogP contribution in [0.1, 0.15) is 0 Å². The highest BCUT2D eigenvalue weighted by Gasteiger charge is 2.18. The van der Waals surface area contributed by atoms with E-state index in [0.717, 1.165) is 27.8 Å². The van der Waals surface area contributed by atoms with Crippen molar-refractivity contribution in [3.05, 3.63) is 103 Å². The Hall–Kier alpha value is -3.21. The monoisotopic (exact) mass is 399 g/mol. The highest BCUT2D eigenvalue weighted by atomic mass is 32.2. The minimum absolute atomic E-state index is 0.272. The molecule has 0 aliphatic rings. The summed E-state index contributed by atoms with van der Waals surface area (Å²) in [6.45, 7) is 0. The van der Waals surface area contributed by atoms with Crippen LogP contribution in [0.2, 0.25) is 0 Å². The molecule has 0 amide bonds. The lowest BCUT2D eigenvalue weighted by Gasteiger charge is -2.15. The van der Waals surface area contributed by atoms with Gasteiger partial charge in [-0.2, -0.15) is 0 Å². The smallest absolute Gasteiger partial charge is 0.214 e. The van der Waals surface area contributed by atoms with Crippen molar-refractivity contribution in [2.24, 2.45) is 0 Å². The lowest BCUT2D eigenvalue weighted by atomic mass is 9.91. The molecule has 0 radical (unpaired) electrons. The van der Waals surface area contributed by atoms with E-state index < -0.39 is 10.0 Å². The summed E-state index contributed by atoms with van der Waals surface area (Å²) in [5.41, 5.74) is 5.91. The molecule has 0 bridgehead atoms. The van der Waals surface area contributed by atoms with E-state index >= 15 is 0 Å². The molecule has 3 nitrogen and oxygen atoms in total. The second kappa shape index (κ2) is 8.03. The van der Waals surface area contributed by atoms with Gasteiger partial charge in [-0.3, -0.25) is 0 Å². The van der Waals surface area contributed by atoms with Crippen LogP contribution in [0.3, 0.4) is 0 Å². The van der Waals surface area contributed by atoms with Crippen LogP contribution in [0.4, 0.5) is 0 Å². The molecule has 0 unspecified atom stereocenters. The van der Waals surface area contributed by atoms with Crippen molar-refractivity contribution in [2.75, 3.05) is 7.05 Å². The molecule has 0 saturated carbocycles. The van der Waals surface area contributed by atoms with Crippen molar-refractivity contribution < 1.29 is 8.42 Å². The predicted octanol–water partition coefficient (Wildman–Crippen LogP) is 5.60. The van der Waals surface area contributed by atoms with Gasteiger partial charge in [-0.05, 0) is 47.0 Å². The molecule has 4 heteroatoms. The van der Waals surface area contributed by atoms with E-state index in [4.69, 9.17) is 0 Å². The lowest BCUT2D eigenvalue weighted by Crippen LogP contribution is -2.19. The zero-order valence-electron chi connectivity index (χ0n) is 16.0. The van der Waals surface area contributed by atoms with Crippen molar-refractivity contribution in [3.8, 4) is 33.4 Å². The highest BCUT2D eigenvalue weighted by molar-refractivity contribution is 7.89. The van der Waals surface area contributed by atoms with Gasteiger partial charge in [0.05, 0.1) is 4.90 Å². The molecule has 0 aromatic heterocycles. The maximum Gasteiger partial charge on any atom is 0.240 e. The van der Waals surface area contributed by atoms with Gasteiger partial charge >= 0.3 is 0 Å². The number of rotatable bonds is 5. The third kappa shape index (κ3) is 3.86. The summed E-state index contributed by atoms with van der Waals surface area (Å²) < 4.78 is 27.5. The van der Waals surface area contributed by atoms with Crippen molar-refractivity contribution in [3.63, 3.8) is 0 Å². The van der Waals surface area contributed by atoms with Crippen molar-refractivity contribution in [2.45, 2.75) is 4.90 Å². The van der Waals surface area contributed by atoms with Crippen molar-refractivity contribution in [1.29, 1.82) is 0 Å². The second-order valence-corrected chi connectivity index (χ2v) is 8.55. The summed E-state index contributed by atoms with van der Waals surface area (Å²) in [7, 11) is -2.14. The third-order valence-corrected chi connectivity index (χ3v) is 6.42. The fourth-order valence-corrected chi connectivity index (χ4v) is 4.44. The molecule has 4 rings (SSSR count). The van der Waals surface area contributed by atoms with Gasteiger partial charge in [0.2, 0.25) is 10.0 Å². The third-order valence-electron chi connectivity index (χ3n) is 4.95. The van der Waals surface area contributed by atoms with Crippen molar-refractivity contribution >= 4 is 10.0 Å². The van der Waals surface area contributed by atoms with Crippen LogP contribution in [0, 0.1) is 0 Å². The average Bonchev–Trinajstić information content (AvgIpc) is 2.80. The van der Waals surface area contributed by atoms with E-state index in [2.05, 4.69) is 41.1 Å².